The van der Waals surface area contributed by atoms with Crippen LogP contribution in [0.2, 0.25) is 5.02 Å². The van der Waals surface area contributed by atoms with Crippen molar-refractivity contribution in [3.05, 3.63) is 28.8 Å². The van der Waals surface area contributed by atoms with Crippen LogP contribution in [-0.2, 0) is 0 Å². The summed E-state index contributed by atoms with van der Waals surface area (Å²) in [6.07, 6.45) is 0. The third kappa shape index (κ3) is 1.57. The Morgan fingerprint density at radius 1 is 1.44 bits per heavy atom. The van der Waals surface area contributed by atoms with E-state index in [1.165, 1.54) is 0 Å². The van der Waals surface area contributed by atoms with Gasteiger partial charge in [0.2, 0.25) is 0 Å². The van der Waals surface area contributed by atoms with Crippen molar-refractivity contribution in [3.63, 3.8) is 0 Å². The lowest BCUT2D eigenvalue weighted by Gasteiger charge is -1.94. The SMILES string of the molecule is Cc1ccc([S])c(Cl)c1. The van der Waals surface area contributed by atoms with E-state index in [4.69, 9.17) is 24.2 Å². The largest absolute Gasteiger partial charge is 0.0828 e. The zero-order valence-electron chi connectivity index (χ0n) is 5.02. The van der Waals surface area contributed by atoms with Gasteiger partial charge in [0.25, 0.3) is 0 Å². The Labute approximate surface area is 65.3 Å². The minimum absolute atomic E-state index is 0.671. The maximum Gasteiger partial charge on any atom is 0.0589 e. The fraction of sp³-hybridized carbons (Fsp3) is 0.143. The van der Waals surface area contributed by atoms with Gasteiger partial charge in [0, 0.05) is 0 Å². The fourth-order valence-corrected chi connectivity index (χ4v) is 0.968. The molecule has 0 bridgehead atoms. The van der Waals surface area contributed by atoms with Gasteiger partial charge in [-0.3, -0.25) is 0 Å². The molecule has 0 amide bonds. The number of rotatable bonds is 0. The van der Waals surface area contributed by atoms with Gasteiger partial charge >= 0.3 is 0 Å². The molecule has 0 aromatic heterocycles. The normalized spacial score (nSPS) is 9.56. The summed E-state index contributed by atoms with van der Waals surface area (Å²) in [7, 11) is 0. The van der Waals surface area contributed by atoms with Crippen LogP contribution in [-0.4, -0.2) is 0 Å². The van der Waals surface area contributed by atoms with Crippen molar-refractivity contribution in [2.75, 3.05) is 0 Å². The number of hydrogen-bond donors (Lipinski definition) is 0. The monoisotopic (exact) mass is 157 g/mol. The summed E-state index contributed by atoms with van der Waals surface area (Å²) in [5, 5.41) is 0.671. The molecule has 0 unspecified atom stereocenters. The maximum absolute atomic E-state index is 5.71. The van der Waals surface area contributed by atoms with E-state index in [0.29, 0.717) is 5.02 Å². The molecule has 47 valence electrons. The molecule has 0 nitrogen and oxygen atoms in total. The molecule has 0 saturated carbocycles. The van der Waals surface area contributed by atoms with E-state index in [-0.39, 0.29) is 0 Å². The Bertz CT molecular complexity index is 220. The quantitative estimate of drug-likeness (QED) is 0.543. The van der Waals surface area contributed by atoms with Gasteiger partial charge in [-0.1, -0.05) is 30.3 Å². The predicted molar refractivity (Wildman–Crippen MR) is 42.0 cm³/mol. The zero-order valence-corrected chi connectivity index (χ0v) is 6.59. The summed E-state index contributed by atoms with van der Waals surface area (Å²) in [6, 6.07) is 5.66. The van der Waals surface area contributed by atoms with Gasteiger partial charge in [0.15, 0.2) is 0 Å². The molecular formula is C7H6ClS. The average Bonchev–Trinajstić information content (AvgIpc) is 1.80. The van der Waals surface area contributed by atoms with Crippen LogP contribution in [0.15, 0.2) is 23.1 Å². The van der Waals surface area contributed by atoms with Gasteiger partial charge in [-0.15, -0.1) is 0 Å². The van der Waals surface area contributed by atoms with Crippen LogP contribution in [0.25, 0.3) is 0 Å². The molecule has 0 fully saturated rings. The lowest BCUT2D eigenvalue weighted by Crippen LogP contribution is -1.71. The molecule has 0 heterocycles. The summed E-state index contributed by atoms with van der Waals surface area (Å²) in [4.78, 5) is 0.724. The highest BCUT2D eigenvalue weighted by Crippen LogP contribution is 2.19. The van der Waals surface area contributed by atoms with Crippen molar-refractivity contribution in [1.29, 1.82) is 0 Å². The lowest BCUT2D eigenvalue weighted by atomic mass is 10.2. The van der Waals surface area contributed by atoms with Crippen LogP contribution in [0.1, 0.15) is 5.56 Å². The van der Waals surface area contributed by atoms with Crippen LogP contribution in [0, 0.1) is 6.92 Å². The van der Waals surface area contributed by atoms with E-state index in [9.17, 15) is 0 Å². The second kappa shape index (κ2) is 2.54. The third-order valence-electron chi connectivity index (χ3n) is 1.09. The van der Waals surface area contributed by atoms with Crippen molar-refractivity contribution < 1.29 is 0 Å². The highest BCUT2D eigenvalue weighted by molar-refractivity contribution is 7.80. The summed E-state index contributed by atoms with van der Waals surface area (Å²) in [6.45, 7) is 1.99. The molecule has 1 rings (SSSR count). The molecule has 0 aliphatic heterocycles. The van der Waals surface area contributed by atoms with Gasteiger partial charge in [0.1, 0.15) is 0 Å². The second-order valence-electron chi connectivity index (χ2n) is 1.93. The maximum atomic E-state index is 5.71. The van der Waals surface area contributed by atoms with Crippen LogP contribution >= 0.6 is 24.2 Å². The molecule has 1 radical (unpaired) electrons. The number of aryl methyl sites for hydroxylation is 1. The first-order valence-corrected chi connectivity index (χ1v) is 3.42. The Morgan fingerprint density at radius 3 is 2.56 bits per heavy atom. The van der Waals surface area contributed by atoms with Crippen molar-refractivity contribution in [3.8, 4) is 0 Å². The van der Waals surface area contributed by atoms with Crippen LogP contribution in [0.4, 0.5) is 0 Å². The predicted octanol–water partition coefficient (Wildman–Crippen LogP) is 3.20. The molecule has 1 aromatic rings. The average molecular weight is 158 g/mol. The van der Waals surface area contributed by atoms with E-state index < -0.39 is 0 Å². The molecule has 0 spiro atoms. The van der Waals surface area contributed by atoms with Crippen molar-refractivity contribution in [1.82, 2.24) is 0 Å². The number of benzene rings is 1. The fourth-order valence-electron chi connectivity index (χ4n) is 0.606. The van der Waals surface area contributed by atoms with Gasteiger partial charge in [-0.2, -0.15) is 0 Å². The van der Waals surface area contributed by atoms with Crippen molar-refractivity contribution >= 4 is 24.2 Å². The van der Waals surface area contributed by atoms with E-state index in [1.54, 1.807) is 0 Å². The van der Waals surface area contributed by atoms with Crippen LogP contribution in [0.3, 0.4) is 0 Å². The van der Waals surface area contributed by atoms with Gasteiger partial charge in [-0.05, 0) is 24.6 Å². The highest BCUT2D eigenvalue weighted by Gasteiger charge is 1.93. The topological polar surface area (TPSA) is 0 Å². The summed E-state index contributed by atoms with van der Waals surface area (Å²) in [5.41, 5.74) is 1.15. The van der Waals surface area contributed by atoms with E-state index in [0.717, 1.165) is 10.5 Å². The Kier molecular flexibility index (Phi) is 1.94. The standard InChI is InChI=1S/C7H6ClS/c1-5-2-3-7(9)6(8)4-5/h2-4H,1H3. The zero-order chi connectivity index (χ0) is 6.85. The number of halogens is 1. The highest BCUT2D eigenvalue weighted by atomic mass is 35.5. The Balaban J connectivity index is 3.17. The van der Waals surface area contributed by atoms with E-state index in [1.807, 2.05) is 25.1 Å². The minimum Gasteiger partial charge on any atom is -0.0828 e. The van der Waals surface area contributed by atoms with E-state index in [2.05, 4.69) is 0 Å². The first-order chi connectivity index (χ1) is 4.20. The molecule has 9 heavy (non-hydrogen) atoms. The summed E-state index contributed by atoms with van der Waals surface area (Å²) >= 11 is 10.6. The molecule has 0 aliphatic rings. The molecule has 1 aromatic carbocycles. The molecular weight excluding hydrogens is 152 g/mol. The summed E-state index contributed by atoms with van der Waals surface area (Å²) < 4.78 is 0. The van der Waals surface area contributed by atoms with Crippen LogP contribution < -0.4 is 0 Å². The smallest absolute Gasteiger partial charge is 0.0589 e. The third-order valence-corrected chi connectivity index (χ3v) is 1.87. The summed E-state index contributed by atoms with van der Waals surface area (Å²) in [5.74, 6) is 0. The number of hydrogen-bond acceptors (Lipinski definition) is 0. The van der Waals surface area contributed by atoms with Crippen LogP contribution in [0.5, 0.6) is 0 Å². The molecule has 2 heteroatoms. The first kappa shape index (κ1) is 6.84. The Morgan fingerprint density at radius 2 is 2.11 bits per heavy atom. The lowest BCUT2D eigenvalue weighted by molar-refractivity contribution is 1.38. The Hall–Kier alpha value is -0.270. The van der Waals surface area contributed by atoms with E-state index >= 15 is 0 Å². The molecule has 0 N–H and O–H groups in total. The van der Waals surface area contributed by atoms with Crippen molar-refractivity contribution in [2.24, 2.45) is 0 Å². The minimum atomic E-state index is 0.671. The molecule has 0 atom stereocenters. The second-order valence-corrected chi connectivity index (χ2v) is 2.78. The van der Waals surface area contributed by atoms with Gasteiger partial charge < -0.3 is 0 Å². The van der Waals surface area contributed by atoms with Gasteiger partial charge in [0.05, 0.1) is 9.92 Å². The molecule has 0 saturated heterocycles. The van der Waals surface area contributed by atoms with Crippen molar-refractivity contribution in [2.45, 2.75) is 11.8 Å². The first-order valence-electron chi connectivity index (χ1n) is 2.63. The van der Waals surface area contributed by atoms with Gasteiger partial charge in [-0.25, -0.2) is 0 Å². The molecule has 0 aliphatic carbocycles.